The molecule has 5 nitrogen and oxygen atoms in total. The van der Waals surface area contributed by atoms with Crippen molar-refractivity contribution in [3.63, 3.8) is 0 Å². The minimum atomic E-state index is -0.103. The first-order chi connectivity index (χ1) is 8.72. The van der Waals surface area contributed by atoms with Gasteiger partial charge in [-0.25, -0.2) is 4.98 Å². The number of hydrogen-bond donors (Lipinski definition) is 1. The van der Waals surface area contributed by atoms with Crippen molar-refractivity contribution in [3.05, 3.63) is 50.3 Å². The zero-order chi connectivity index (χ0) is 13.0. The Labute approximate surface area is 118 Å². The number of anilines is 1. The lowest BCUT2D eigenvalue weighted by molar-refractivity contribution is 0.802. The Morgan fingerprint density at radius 3 is 2.78 bits per heavy atom. The third-order valence-electron chi connectivity index (χ3n) is 2.58. The first-order valence-corrected chi connectivity index (χ1v) is 6.67. The van der Waals surface area contributed by atoms with Gasteiger partial charge in [0.05, 0.1) is 6.33 Å². The Morgan fingerprint density at radius 1 is 1.39 bits per heavy atom. The number of aromatic amines is 1. The van der Waals surface area contributed by atoms with Gasteiger partial charge in [0, 0.05) is 25.5 Å². The molecule has 2 rings (SSSR count). The van der Waals surface area contributed by atoms with Crippen LogP contribution < -0.4 is 10.5 Å². The average molecular weight is 356 g/mol. The third kappa shape index (κ3) is 2.87. The molecule has 0 bridgehead atoms. The van der Waals surface area contributed by atoms with Crippen LogP contribution in [0.5, 0.6) is 0 Å². The molecule has 0 fully saturated rings. The molecule has 0 saturated heterocycles. The maximum Gasteiger partial charge on any atom is 0.266 e. The number of rotatable bonds is 4. The lowest BCUT2D eigenvalue weighted by Crippen LogP contribution is -2.27. The summed E-state index contributed by atoms with van der Waals surface area (Å²) in [5.41, 5.74) is 1.04. The Balaban J connectivity index is 2.29. The van der Waals surface area contributed by atoms with E-state index in [2.05, 4.69) is 19.9 Å². The molecular weight excluding hydrogens is 343 g/mol. The molecule has 0 aliphatic carbocycles. The van der Waals surface area contributed by atoms with E-state index in [1.807, 2.05) is 41.6 Å². The second kappa shape index (κ2) is 5.94. The van der Waals surface area contributed by atoms with E-state index in [-0.39, 0.29) is 5.56 Å². The van der Waals surface area contributed by atoms with Crippen molar-refractivity contribution in [1.29, 1.82) is 0 Å². The van der Waals surface area contributed by atoms with Crippen LogP contribution in [-0.4, -0.2) is 21.5 Å². The number of halogens is 1. The fourth-order valence-electron chi connectivity index (χ4n) is 1.64. The Bertz CT molecular complexity index is 570. The second-order valence-corrected chi connectivity index (χ2v) is 4.82. The summed E-state index contributed by atoms with van der Waals surface area (Å²) < 4.78 is 0.617. The summed E-state index contributed by atoms with van der Waals surface area (Å²) in [6, 6.07) is 3.92. The molecule has 2 aromatic heterocycles. The molecule has 94 valence electrons. The smallest absolute Gasteiger partial charge is 0.266 e. The van der Waals surface area contributed by atoms with Crippen molar-refractivity contribution in [1.82, 2.24) is 15.0 Å². The van der Waals surface area contributed by atoms with E-state index in [0.717, 1.165) is 17.9 Å². The van der Waals surface area contributed by atoms with Gasteiger partial charge in [-0.15, -0.1) is 0 Å². The molecular formula is C12H13IN4O. The Kier molecular flexibility index (Phi) is 4.29. The van der Waals surface area contributed by atoms with Crippen molar-refractivity contribution in [2.24, 2.45) is 0 Å². The van der Waals surface area contributed by atoms with Gasteiger partial charge >= 0.3 is 0 Å². The number of pyridine rings is 1. The molecule has 0 atom stereocenters. The SMILES string of the molecule is CCN(Cc1ccncc1)c1nc[nH]c(=O)c1I. The molecule has 2 aromatic rings. The van der Waals surface area contributed by atoms with Gasteiger partial charge in [-0.3, -0.25) is 9.78 Å². The first kappa shape index (κ1) is 13.0. The molecule has 18 heavy (non-hydrogen) atoms. The fraction of sp³-hybridized carbons (Fsp3) is 0.250. The van der Waals surface area contributed by atoms with Gasteiger partial charge in [-0.05, 0) is 47.2 Å². The average Bonchev–Trinajstić information content (AvgIpc) is 2.41. The van der Waals surface area contributed by atoms with Crippen molar-refractivity contribution >= 4 is 28.4 Å². The molecule has 0 saturated carbocycles. The summed E-state index contributed by atoms with van der Waals surface area (Å²) in [5, 5.41) is 0. The highest BCUT2D eigenvalue weighted by Crippen LogP contribution is 2.17. The van der Waals surface area contributed by atoms with E-state index in [0.29, 0.717) is 10.1 Å². The van der Waals surface area contributed by atoms with Gasteiger partial charge in [-0.1, -0.05) is 0 Å². The molecule has 0 radical (unpaired) electrons. The van der Waals surface area contributed by atoms with Crippen LogP contribution in [0.2, 0.25) is 0 Å². The van der Waals surface area contributed by atoms with Crippen LogP contribution in [0.25, 0.3) is 0 Å². The predicted molar refractivity (Wildman–Crippen MR) is 78.5 cm³/mol. The number of nitrogens with zero attached hydrogens (tertiary/aromatic N) is 3. The first-order valence-electron chi connectivity index (χ1n) is 5.59. The lowest BCUT2D eigenvalue weighted by atomic mass is 10.2. The fourth-order valence-corrected chi connectivity index (χ4v) is 2.28. The molecule has 0 aromatic carbocycles. The van der Waals surface area contributed by atoms with E-state index < -0.39 is 0 Å². The normalized spacial score (nSPS) is 10.3. The number of H-pyrrole nitrogens is 1. The second-order valence-electron chi connectivity index (χ2n) is 3.74. The predicted octanol–water partition coefficient (Wildman–Crippen LogP) is 1.80. The van der Waals surface area contributed by atoms with Crippen LogP contribution in [0.4, 0.5) is 5.82 Å². The van der Waals surface area contributed by atoms with E-state index in [1.54, 1.807) is 12.4 Å². The van der Waals surface area contributed by atoms with Crippen molar-refractivity contribution in [2.45, 2.75) is 13.5 Å². The number of aromatic nitrogens is 3. The highest BCUT2D eigenvalue weighted by molar-refractivity contribution is 14.1. The Morgan fingerprint density at radius 2 is 2.11 bits per heavy atom. The van der Waals surface area contributed by atoms with Crippen LogP contribution >= 0.6 is 22.6 Å². The molecule has 6 heteroatoms. The minimum absolute atomic E-state index is 0.103. The minimum Gasteiger partial charge on any atom is -0.351 e. The van der Waals surface area contributed by atoms with Crippen LogP contribution in [0.3, 0.4) is 0 Å². The molecule has 0 unspecified atom stereocenters. The topological polar surface area (TPSA) is 61.9 Å². The van der Waals surface area contributed by atoms with Gasteiger partial charge in [0.15, 0.2) is 0 Å². The molecule has 0 amide bonds. The third-order valence-corrected chi connectivity index (χ3v) is 3.55. The van der Waals surface area contributed by atoms with E-state index in [1.165, 1.54) is 6.33 Å². The molecule has 0 spiro atoms. The van der Waals surface area contributed by atoms with Gasteiger partial charge in [0.25, 0.3) is 5.56 Å². The quantitative estimate of drug-likeness (QED) is 0.849. The summed E-state index contributed by atoms with van der Waals surface area (Å²) in [5.74, 6) is 0.721. The summed E-state index contributed by atoms with van der Waals surface area (Å²) in [7, 11) is 0. The van der Waals surface area contributed by atoms with E-state index in [9.17, 15) is 4.79 Å². The summed E-state index contributed by atoms with van der Waals surface area (Å²) >= 11 is 2.03. The van der Waals surface area contributed by atoms with Crippen LogP contribution in [0.1, 0.15) is 12.5 Å². The van der Waals surface area contributed by atoms with Crippen molar-refractivity contribution in [2.75, 3.05) is 11.4 Å². The Hall–Kier alpha value is -1.44. The summed E-state index contributed by atoms with van der Waals surface area (Å²) in [6.07, 6.45) is 4.97. The van der Waals surface area contributed by atoms with Crippen LogP contribution in [-0.2, 0) is 6.54 Å². The van der Waals surface area contributed by atoms with Crippen LogP contribution in [0, 0.1) is 3.57 Å². The largest absolute Gasteiger partial charge is 0.351 e. The van der Waals surface area contributed by atoms with E-state index in [4.69, 9.17) is 0 Å². The van der Waals surface area contributed by atoms with Crippen molar-refractivity contribution < 1.29 is 0 Å². The van der Waals surface area contributed by atoms with Gasteiger partial charge in [-0.2, -0.15) is 0 Å². The van der Waals surface area contributed by atoms with Crippen molar-refractivity contribution in [3.8, 4) is 0 Å². The van der Waals surface area contributed by atoms with E-state index >= 15 is 0 Å². The van der Waals surface area contributed by atoms with Gasteiger partial charge < -0.3 is 9.88 Å². The summed E-state index contributed by atoms with van der Waals surface area (Å²) in [4.78, 5) is 24.5. The molecule has 0 aliphatic heterocycles. The van der Waals surface area contributed by atoms with Crippen LogP contribution in [0.15, 0.2) is 35.6 Å². The standard InChI is InChI=1S/C12H13IN4O/c1-2-17(7-9-3-5-14-6-4-9)11-10(13)12(18)16-8-15-11/h3-6,8H,2,7H2,1H3,(H,15,16,18). The monoisotopic (exact) mass is 356 g/mol. The number of hydrogen-bond acceptors (Lipinski definition) is 4. The summed E-state index contributed by atoms with van der Waals surface area (Å²) in [6.45, 7) is 3.54. The zero-order valence-electron chi connectivity index (χ0n) is 9.93. The lowest BCUT2D eigenvalue weighted by Gasteiger charge is -2.22. The molecule has 0 aliphatic rings. The zero-order valence-corrected chi connectivity index (χ0v) is 12.1. The molecule has 2 heterocycles. The maximum absolute atomic E-state index is 11.6. The molecule has 1 N–H and O–H groups in total. The van der Waals surface area contributed by atoms with Gasteiger partial charge in [0.2, 0.25) is 0 Å². The maximum atomic E-state index is 11.6. The highest BCUT2D eigenvalue weighted by atomic mass is 127. The van der Waals surface area contributed by atoms with Gasteiger partial charge in [0.1, 0.15) is 9.39 Å². The number of nitrogens with one attached hydrogen (secondary N) is 1. The highest BCUT2D eigenvalue weighted by Gasteiger charge is 2.12.